The van der Waals surface area contributed by atoms with Crippen molar-refractivity contribution in [2.45, 2.75) is 117 Å². The lowest BCUT2D eigenvalue weighted by atomic mass is 10.0. The number of nitrogens with zero attached hydrogens (tertiary/aromatic N) is 2. The standard InChI is InChI=1S/C36H50N2O3/c1-4-6-8-10-11-12-13-14-15-17-30-18-20-32(21-19-30)35-37-27-33(28-38-35)31-22-24-34(25-23-31)41-29(3)36(39)40-26-16-9-7-5-2/h18-25,27-29H,4-17,26H2,1-3H3. The van der Waals surface area contributed by atoms with Crippen LogP contribution in [0.3, 0.4) is 0 Å². The summed E-state index contributed by atoms with van der Waals surface area (Å²) in [4.78, 5) is 21.4. The average molecular weight is 559 g/mol. The van der Waals surface area contributed by atoms with Gasteiger partial charge in [0.15, 0.2) is 11.9 Å². The van der Waals surface area contributed by atoms with Gasteiger partial charge in [-0.15, -0.1) is 0 Å². The minimum absolute atomic E-state index is 0.328. The monoisotopic (exact) mass is 558 g/mol. The van der Waals surface area contributed by atoms with E-state index in [0.29, 0.717) is 12.4 Å². The lowest BCUT2D eigenvalue weighted by molar-refractivity contribution is -0.151. The molecule has 41 heavy (non-hydrogen) atoms. The number of hydrogen-bond acceptors (Lipinski definition) is 5. The molecule has 222 valence electrons. The van der Waals surface area contributed by atoms with Gasteiger partial charge in [0.25, 0.3) is 0 Å². The van der Waals surface area contributed by atoms with E-state index in [1.165, 1.54) is 63.4 Å². The molecule has 2 aromatic carbocycles. The van der Waals surface area contributed by atoms with E-state index in [4.69, 9.17) is 9.47 Å². The maximum atomic E-state index is 12.2. The molecule has 0 fully saturated rings. The number of unbranched alkanes of at least 4 members (excludes halogenated alkanes) is 11. The van der Waals surface area contributed by atoms with Gasteiger partial charge in [-0.3, -0.25) is 0 Å². The number of esters is 1. The van der Waals surface area contributed by atoms with E-state index in [0.717, 1.165) is 54.6 Å². The highest BCUT2D eigenvalue weighted by molar-refractivity contribution is 5.74. The molecule has 5 heteroatoms. The zero-order valence-corrected chi connectivity index (χ0v) is 25.6. The van der Waals surface area contributed by atoms with E-state index in [1.54, 1.807) is 6.92 Å². The second-order valence-electron chi connectivity index (χ2n) is 11.1. The van der Waals surface area contributed by atoms with Crippen molar-refractivity contribution in [1.29, 1.82) is 0 Å². The summed E-state index contributed by atoms with van der Waals surface area (Å²) in [6.07, 6.45) is 20.7. The fourth-order valence-electron chi connectivity index (χ4n) is 4.88. The van der Waals surface area contributed by atoms with Crippen molar-refractivity contribution < 1.29 is 14.3 Å². The smallest absolute Gasteiger partial charge is 0.347 e. The minimum Gasteiger partial charge on any atom is -0.479 e. The van der Waals surface area contributed by atoms with Crippen molar-refractivity contribution in [1.82, 2.24) is 9.97 Å². The Bertz CT molecular complexity index is 1110. The van der Waals surface area contributed by atoms with E-state index in [9.17, 15) is 4.79 Å². The second kappa shape index (κ2) is 19.0. The Morgan fingerprint density at radius 3 is 1.80 bits per heavy atom. The molecule has 0 aliphatic heterocycles. The zero-order valence-electron chi connectivity index (χ0n) is 25.6. The van der Waals surface area contributed by atoms with Crippen molar-refractivity contribution in [3.05, 3.63) is 66.5 Å². The highest BCUT2D eigenvalue weighted by Crippen LogP contribution is 2.24. The average Bonchev–Trinajstić information content (AvgIpc) is 3.01. The first-order chi connectivity index (χ1) is 20.1. The Kier molecular flexibility index (Phi) is 15.0. The molecule has 0 aliphatic carbocycles. The maximum Gasteiger partial charge on any atom is 0.347 e. The molecule has 3 aromatic rings. The highest BCUT2D eigenvalue weighted by atomic mass is 16.6. The largest absolute Gasteiger partial charge is 0.479 e. The number of hydrogen-bond donors (Lipinski definition) is 0. The van der Waals surface area contributed by atoms with Crippen molar-refractivity contribution in [2.75, 3.05) is 6.61 Å². The van der Waals surface area contributed by atoms with E-state index in [1.807, 2.05) is 36.7 Å². The molecule has 1 aromatic heterocycles. The topological polar surface area (TPSA) is 61.3 Å². The van der Waals surface area contributed by atoms with Crippen LogP contribution in [0.15, 0.2) is 60.9 Å². The Labute approximate surface area is 248 Å². The van der Waals surface area contributed by atoms with E-state index in [-0.39, 0.29) is 5.97 Å². The zero-order chi connectivity index (χ0) is 29.1. The summed E-state index contributed by atoms with van der Waals surface area (Å²) in [6, 6.07) is 16.3. The van der Waals surface area contributed by atoms with Crippen LogP contribution in [-0.2, 0) is 16.0 Å². The van der Waals surface area contributed by atoms with Gasteiger partial charge in [0.2, 0.25) is 0 Å². The van der Waals surface area contributed by atoms with Crippen LogP contribution in [0.25, 0.3) is 22.5 Å². The molecule has 0 aliphatic rings. The number of carbonyl (C=O) groups is 1. The molecule has 1 heterocycles. The van der Waals surface area contributed by atoms with Crippen LogP contribution in [0.2, 0.25) is 0 Å². The van der Waals surface area contributed by atoms with Gasteiger partial charge in [0.1, 0.15) is 5.75 Å². The number of ether oxygens (including phenoxy) is 2. The number of aromatic nitrogens is 2. The van der Waals surface area contributed by atoms with Crippen LogP contribution in [0.4, 0.5) is 0 Å². The Morgan fingerprint density at radius 1 is 0.659 bits per heavy atom. The van der Waals surface area contributed by atoms with Crippen LogP contribution in [0.5, 0.6) is 5.75 Å². The quantitative estimate of drug-likeness (QED) is 0.102. The first-order valence-electron chi connectivity index (χ1n) is 16.0. The molecule has 0 N–H and O–H groups in total. The van der Waals surface area contributed by atoms with Crippen LogP contribution < -0.4 is 4.74 Å². The van der Waals surface area contributed by atoms with Gasteiger partial charge in [-0.05, 0) is 49.4 Å². The number of carbonyl (C=O) groups excluding carboxylic acids is 1. The molecular weight excluding hydrogens is 508 g/mol. The predicted octanol–water partition coefficient (Wildman–Crippen LogP) is 9.77. The van der Waals surface area contributed by atoms with Crippen molar-refractivity contribution in [2.24, 2.45) is 0 Å². The van der Waals surface area contributed by atoms with Crippen molar-refractivity contribution in [3.8, 4) is 28.3 Å². The first-order valence-corrected chi connectivity index (χ1v) is 16.0. The molecule has 0 saturated carbocycles. The molecule has 0 bridgehead atoms. The van der Waals surface area contributed by atoms with E-state index in [2.05, 4.69) is 48.1 Å². The first kappa shape index (κ1) is 32.3. The van der Waals surface area contributed by atoms with Crippen LogP contribution in [0.1, 0.15) is 110 Å². The van der Waals surface area contributed by atoms with Gasteiger partial charge in [-0.2, -0.15) is 0 Å². The third kappa shape index (κ3) is 12.0. The molecule has 0 radical (unpaired) electrons. The normalized spacial score (nSPS) is 11.8. The maximum absolute atomic E-state index is 12.2. The summed E-state index contributed by atoms with van der Waals surface area (Å²) in [5, 5.41) is 0. The van der Waals surface area contributed by atoms with Crippen molar-refractivity contribution in [3.63, 3.8) is 0 Å². The van der Waals surface area contributed by atoms with Gasteiger partial charge in [-0.1, -0.05) is 121 Å². The summed E-state index contributed by atoms with van der Waals surface area (Å²) in [5.41, 5.74) is 4.33. The number of benzene rings is 2. The summed E-state index contributed by atoms with van der Waals surface area (Å²) in [7, 11) is 0. The molecule has 1 unspecified atom stereocenters. The van der Waals surface area contributed by atoms with Crippen molar-refractivity contribution >= 4 is 5.97 Å². The lowest BCUT2D eigenvalue weighted by Gasteiger charge is -2.14. The Hall–Kier alpha value is -3.21. The molecule has 1 atom stereocenters. The molecule has 5 nitrogen and oxygen atoms in total. The molecule has 0 saturated heterocycles. The van der Waals surface area contributed by atoms with Crippen LogP contribution >= 0.6 is 0 Å². The SMILES string of the molecule is CCCCCCCCCCCc1ccc(-c2ncc(-c3ccc(OC(C)C(=O)OCCCCCC)cc3)cn2)cc1. The van der Waals surface area contributed by atoms with Gasteiger partial charge < -0.3 is 9.47 Å². The Morgan fingerprint density at radius 2 is 1.20 bits per heavy atom. The van der Waals surface area contributed by atoms with Crippen LogP contribution in [0, 0.1) is 0 Å². The van der Waals surface area contributed by atoms with Gasteiger partial charge in [0, 0.05) is 23.5 Å². The van der Waals surface area contributed by atoms with E-state index < -0.39 is 6.10 Å². The second-order valence-corrected chi connectivity index (χ2v) is 11.1. The van der Waals surface area contributed by atoms with Gasteiger partial charge >= 0.3 is 5.97 Å². The fourth-order valence-corrected chi connectivity index (χ4v) is 4.88. The molecule has 3 rings (SSSR count). The summed E-state index contributed by atoms with van der Waals surface area (Å²) < 4.78 is 11.1. The fraction of sp³-hybridized carbons (Fsp3) is 0.528. The highest BCUT2D eigenvalue weighted by Gasteiger charge is 2.16. The van der Waals surface area contributed by atoms with Gasteiger partial charge in [0.05, 0.1) is 6.61 Å². The molecular formula is C36H50N2O3. The molecule has 0 spiro atoms. The molecule has 0 amide bonds. The summed E-state index contributed by atoms with van der Waals surface area (Å²) >= 11 is 0. The summed E-state index contributed by atoms with van der Waals surface area (Å²) in [5.74, 6) is 1.03. The Balaban J connectivity index is 1.41. The predicted molar refractivity (Wildman–Crippen MR) is 169 cm³/mol. The third-order valence-electron chi connectivity index (χ3n) is 7.51. The van der Waals surface area contributed by atoms with Crippen LogP contribution in [-0.4, -0.2) is 28.6 Å². The lowest BCUT2D eigenvalue weighted by Crippen LogP contribution is -2.26. The van der Waals surface area contributed by atoms with Gasteiger partial charge in [-0.25, -0.2) is 14.8 Å². The number of aryl methyl sites for hydroxylation is 1. The number of rotatable bonds is 20. The third-order valence-corrected chi connectivity index (χ3v) is 7.51. The van der Waals surface area contributed by atoms with E-state index >= 15 is 0 Å². The summed E-state index contributed by atoms with van der Waals surface area (Å²) in [6.45, 7) is 6.60. The minimum atomic E-state index is -0.647.